The molecule has 2 amide bonds. The molecule has 1 atom stereocenters. The SMILES string of the molecule is CNC[C@H]1CN(c2cc(F)c(N3CCON(Sc4ccc(NC(C)=O)cc4)CC3)c(F)c2)C(=O)O1.O=CC(F)F. The molecule has 40 heavy (non-hydrogen) atoms. The van der Waals surface area contributed by atoms with Crippen LogP contribution in [0.2, 0.25) is 0 Å². The number of aldehydes is 1. The molecule has 0 aromatic heterocycles. The van der Waals surface area contributed by atoms with Crippen LogP contribution in [0.5, 0.6) is 0 Å². The van der Waals surface area contributed by atoms with Gasteiger partial charge in [0, 0.05) is 49.3 Å². The number of hydrogen-bond donors (Lipinski definition) is 2. The molecule has 0 unspecified atom stereocenters. The van der Waals surface area contributed by atoms with Gasteiger partial charge in [0.05, 0.1) is 25.4 Å². The maximum atomic E-state index is 15.1. The fourth-order valence-corrected chi connectivity index (χ4v) is 4.72. The third-order valence-electron chi connectivity index (χ3n) is 5.57. The number of hydrogen-bond acceptors (Lipinski definition) is 9. The molecule has 2 N–H and O–H groups in total. The third-order valence-corrected chi connectivity index (χ3v) is 6.54. The first-order valence-corrected chi connectivity index (χ1v) is 12.9. The molecular formula is C25H29F4N5O5S. The summed E-state index contributed by atoms with van der Waals surface area (Å²) in [5, 5.41) is 5.63. The lowest BCUT2D eigenvalue weighted by molar-refractivity contribution is -0.117. The van der Waals surface area contributed by atoms with E-state index in [9.17, 15) is 18.4 Å². The van der Waals surface area contributed by atoms with Crippen molar-refractivity contribution < 1.29 is 41.5 Å². The highest BCUT2D eigenvalue weighted by Crippen LogP contribution is 2.32. The van der Waals surface area contributed by atoms with Crippen molar-refractivity contribution in [3.63, 3.8) is 0 Å². The number of nitrogens with zero attached hydrogens (tertiary/aromatic N) is 3. The van der Waals surface area contributed by atoms with E-state index in [1.165, 1.54) is 23.8 Å². The van der Waals surface area contributed by atoms with Crippen molar-refractivity contribution in [2.24, 2.45) is 0 Å². The number of nitrogens with one attached hydrogen (secondary N) is 2. The van der Waals surface area contributed by atoms with Gasteiger partial charge in [0.25, 0.3) is 6.43 Å². The van der Waals surface area contributed by atoms with Crippen molar-refractivity contribution in [2.75, 3.05) is 61.5 Å². The predicted octanol–water partition coefficient (Wildman–Crippen LogP) is 3.68. The molecule has 2 aromatic rings. The first-order chi connectivity index (χ1) is 19.1. The standard InChI is InChI=1S/C23H27F2N5O4S.C2H2F2O/c1-15(31)27-16-3-5-19(6-4-16)35-30-8-7-28(9-10-33-30)22-20(24)11-17(12-21(22)25)29-14-18(13-26-2)34-23(29)32;3-2(4)1-5/h3-6,11-12,18,26H,7-10,13-14H2,1-2H3,(H,27,31);1-2H/t18-;/m0./s1. The number of carbonyl (C=O) groups is 3. The van der Waals surface area contributed by atoms with E-state index in [0.717, 1.165) is 17.0 Å². The van der Waals surface area contributed by atoms with Crippen LogP contribution >= 0.6 is 11.9 Å². The zero-order valence-corrected chi connectivity index (χ0v) is 22.6. The highest BCUT2D eigenvalue weighted by molar-refractivity contribution is 7.96. The summed E-state index contributed by atoms with van der Waals surface area (Å²) in [5.41, 5.74) is 0.667. The van der Waals surface area contributed by atoms with Gasteiger partial charge in [0.15, 0.2) is 17.9 Å². The van der Waals surface area contributed by atoms with Crippen molar-refractivity contribution in [1.29, 1.82) is 0 Å². The molecule has 0 aliphatic carbocycles. The van der Waals surface area contributed by atoms with Crippen LogP contribution in [0.15, 0.2) is 41.3 Å². The maximum absolute atomic E-state index is 15.1. The van der Waals surface area contributed by atoms with Gasteiger partial charge in [-0.05, 0) is 43.3 Å². The fourth-order valence-electron chi connectivity index (χ4n) is 3.92. The fraction of sp³-hybridized carbons (Fsp3) is 0.400. The van der Waals surface area contributed by atoms with Gasteiger partial charge in [-0.1, -0.05) is 0 Å². The molecule has 4 rings (SSSR count). The Morgan fingerprint density at radius 3 is 2.38 bits per heavy atom. The average Bonchev–Trinajstić information content (AvgIpc) is 3.11. The van der Waals surface area contributed by atoms with Crippen LogP contribution in [0, 0.1) is 11.6 Å². The molecule has 2 fully saturated rings. The second kappa shape index (κ2) is 14.8. The van der Waals surface area contributed by atoms with Crippen LogP contribution in [-0.2, 0) is 19.2 Å². The van der Waals surface area contributed by atoms with Crippen LogP contribution < -0.4 is 20.4 Å². The van der Waals surface area contributed by atoms with Gasteiger partial charge >= 0.3 is 6.09 Å². The van der Waals surface area contributed by atoms with Crippen molar-refractivity contribution >= 4 is 47.3 Å². The van der Waals surface area contributed by atoms with E-state index in [1.54, 1.807) is 28.5 Å². The summed E-state index contributed by atoms with van der Waals surface area (Å²) in [6, 6.07) is 9.61. The van der Waals surface area contributed by atoms with Crippen LogP contribution in [0.3, 0.4) is 0 Å². The van der Waals surface area contributed by atoms with Gasteiger partial charge in [-0.3, -0.25) is 19.3 Å². The molecule has 2 heterocycles. The molecule has 2 aliphatic heterocycles. The summed E-state index contributed by atoms with van der Waals surface area (Å²) in [4.78, 5) is 41.5. The molecule has 10 nitrogen and oxygen atoms in total. The first kappa shape index (κ1) is 31.1. The number of alkyl halides is 2. The Hall–Kier alpha value is -3.40. The lowest BCUT2D eigenvalue weighted by Gasteiger charge is -2.24. The van der Waals surface area contributed by atoms with Crippen LogP contribution in [0.25, 0.3) is 0 Å². The molecule has 0 bridgehead atoms. The Morgan fingerprint density at radius 2 is 1.80 bits per heavy atom. The Bertz CT molecular complexity index is 1150. The largest absolute Gasteiger partial charge is 0.443 e. The van der Waals surface area contributed by atoms with E-state index in [2.05, 4.69) is 10.6 Å². The van der Waals surface area contributed by atoms with Gasteiger partial charge in [-0.2, -0.15) is 0 Å². The second-order valence-corrected chi connectivity index (χ2v) is 9.64. The first-order valence-electron chi connectivity index (χ1n) is 12.2. The molecular weight excluding hydrogens is 558 g/mol. The van der Waals surface area contributed by atoms with E-state index < -0.39 is 30.4 Å². The predicted molar refractivity (Wildman–Crippen MR) is 141 cm³/mol. The minimum Gasteiger partial charge on any atom is -0.443 e. The zero-order chi connectivity index (χ0) is 29.2. The molecule has 2 aromatic carbocycles. The number of benzene rings is 2. The number of rotatable bonds is 8. The molecule has 0 spiro atoms. The summed E-state index contributed by atoms with van der Waals surface area (Å²) in [5.74, 6) is -1.65. The summed E-state index contributed by atoms with van der Waals surface area (Å²) in [7, 11) is 1.74. The van der Waals surface area contributed by atoms with Gasteiger partial charge in [-0.25, -0.2) is 22.4 Å². The third kappa shape index (κ3) is 8.81. The molecule has 15 heteroatoms. The van der Waals surface area contributed by atoms with Gasteiger partial charge < -0.3 is 20.3 Å². The number of carbonyl (C=O) groups excluding carboxylic acids is 3. The molecule has 218 valence electrons. The Balaban J connectivity index is 0.000000810. The number of likely N-dealkylation sites (N-methyl/N-ethyl adjacent to an activating group) is 1. The highest BCUT2D eigenvalue weighted by atomic mass is 32.2. The van der Waals surface area contributed by atoms with Crippen LogP contribution in [0.4, 0.5) is 39.4 Å². The Labute approximate surface area is 232 Å². The monoisotopic (exact) mass is 587 g/mol. The molecule has 2 saturated heterocycles. The number of anilines is 3. The van der Waals surface area contributed by atoms with Gasteiger partial charge in [0.1, 0.15) is 11.8 Å². The smallest absolute Gasteiger partial charge is 0.414 e. The minimum atomic E-state index is -2.80. The van der Waals surface area contributed by atoms with Crippen molar-refractivity contribution in [3.8, 4) is 0 Å². The van der Waals surface area contributed by atoms with Crippen molar-refractivity contribution in [3.05, 3.63) is 48.0 Å². The normalized spacial score (nSPS) is 17.7. The van der Waals surface area contributed by atoms with E-state index in [0.29, 0.717) is 31.9 Å². The minimum absolute atomic E-state index is 0.123. The number of hydroxylamine groups is 1. The molecule has 0 saturated carbocycles. The number of ether oxygens (including phenoxy) is 1. The van der Waals surface area contributed by atoms with E-state index in [1.807, 2.05) is 12.1 Å². The lowest BCUT2D eigenvalue weighted by Crippen LogP contribution is -2.31. The number of halogens is 4. The van der Waals surface area contributed by atoms with Crippen LogP contribution in [-0.4, -0.2) is 81.7 Å². The average molecular weight is 588 g/mol. The zero-order valence-electron chi connectivity index (χ0n) is 21.7. The van der Waals surface area contributed by atoms with Gasteiger partial charge in [0.2, 0.25) is 5.91 Å². The van der Waals surface area contributed by atoms with Crippen LogP contribution in [0.1, 0.15) is 6.92 Å². The number of amides is 2. The lowest BCUT2D eigenvalue weighted by atomic mass is 10.2. The van der Waals surface area contributed by atoms with E-state index in [-0.39, 0.29) is 36.5 Å². The summed E-state index contributed by atoms with van der Waals surface area (Å²) < 4.78 is 57.8. The van der Waals surface area contributed by atoms with Gasteiger partial charge in [-0.15, -0.1) is 4.47 Å². The Morgan fingerprint density at radius 1 is 1.15 bits per heavy atom. The molecule has 2 aliphatic rings. The van der Waals surface area contributed by atoms with Crippen molar-refractivity contribution in [2.45, 2.75) is 24.3 Å². The topological polar surface area (TPSA) is 103 Å². The van der Waals surface area contributed by atoms with E-state index in [4.69, 9.17) is 14.4 Å². The van der Waals surface area contributed by atoms with Crippen molar-refractivity contribution in [1.82, 2.24) is 9.79 Å². The Kier molecular flexibility index (Phi) is 11.5. The highest BCUT2D eigenvalue weighted by Gasteiger charge is 2.33. The molecule has 0 radical (unpaired) electrons. The summed E-state index contributed by atoms with van der Waals surface area (Å²) >= 11 is 1.36. The van der Waals surface area contributed by atoms with E-state index >= 15 is 8.78 Å². The summed E-state index contributed by atoms with van der Waals surface area (Å²) in [6.07, 6.45) is -4.22. The number of cyclic esters (lactones) is 1. The quantitative estimate of drug-likeness (QED) is 0.272. The maximum Gasteiger partial charge on any atom is 0.414 e. The second-order valence-electron chi connectivity index (χ2n) is 8.58. The summed E-state index contributed by atoms with van der Waals surface area (Å²) in [6.45, 7) is 3.37.